The Morgan fingerprint density at radius 1 is 1.11 bits per heavy atom. The summed E-state index contributed by atoms with van der Waals surface area (Å²) in [6.07, 6.45) is 0. The molecule has 0 radical (unpaired) electrons. The molecule has 0 aliphatic rings. The van der Waals surface area contributed by atoms with Gasteiger partial charge in [0.1, 0.15) is 0 Å². The van der Waals surface area contributed by atoms with Gasteiger partial charge in [0.25, 0.3) is 0 Å². The summed E-state index contributed by atoms with van der Waals surface area (Å²) in [6, 6.07) is 13.5. The van der Waals surface area contributed by atoms with Gasteiger partial charge in [0.15, 0.2) is 0 Å². The van der Waals surface area contributed by atoms with Crippen molar-refractivity contribution in [3.63, 3.8) is 0 Å². The lowest BCUT2D eigenvalue weighted by Gasteiger charge is -2.09. The molecule has 19 heavy (non-hydrogen) atoms. The molecule has 0 aliphatic carbocycles. The van der Waals surface area contributed by atoms with Crippen LogP contribution in [0.3, 0.4) is 0 Å². The Bertz CT molecular complexity index is 611. The molecule has 0 bridgehead atoms. The summed E-state index contributed by atoms with van der Waals surface area (Å²) in [5.41, 5.74) is 2.88. The van der Waals surface area contributed by atoms with Gasteiger partial charge in [0.05, 0.1) is 5.56 Å². The first-order valence-electron chi connectivity index (χ1n) is 5.87. The number of aryl methyl sites for hydroxylation is 2. The average molecular weight is 273 g/mol. The number of carbonyl (C=O) groups is 1. The molecule has 0 heterocycles. The highest BCUT2D eigenvalue weighted by Gasteiger charge is 2.13. The molecule has 0 atom stereocenters. The van der Waals surface area contributed by atoms with Gasteiger partial charge in [0, 0.05) is 9.79 Å². The SMILES string of the molecule is Cc1ccc(Sc2ccccc2C(=O)ON)c(C)c1. The third-order valence-corrected chi connectivity index (χ3v) is 4.02. The molecule has 0 unspecified atom stereocenters. The van der Waals surface area contributed by atoms with E-state index < -0.39 is 5.97 Å². The maximum absolute atomic E-state index is 11.6. The van der Waals surface area contributed by atoms with Gasteiger partial charge >= 0.3 is 5.97 Å². The maximum Gasteiger partial charge on any atom is 0.357 e. The van der Waals surface area contributed by atoms with Gasteiger partial charge in [-0.3, -0.25) is 0 Å². The Hall–Kier alpha value is -1.78. The lowest BCUT2D eigenvalue weighted by Crippen LogP contribution is -2.10. The predicted octanol–water partition coefficient (Wildman–Crippen LogP) is 3.49. The first-order valence-corrected chi connectivity index (χ1v) is 6.68. The lowest BCUT2D eigenvalue weighted by atomic mass is 10.2. The molecule has 0 aliphatic heterocycles. The van der Waals surface area contributed by atoms with Crippen molar-refractivity contribution in [3.05, 3.63) is 59.2 Å². The number of rotatable bonds is 3. The van der Waals surface area contributed by atoms with Crippen LogP contribution >= 0.6 is 11.8 Å². The Morgan fingerprint density at radius 2 is 1.84 bits per heavy atom. The van der Waals surface area contributed by atoms with E-state index >= 15 is 0 Å². The number of nitrogens with two attached hydrogens (primary N) is 1. The zero-order chi connectivity index (χ0) is 13.8. The summed E-state index contributed by atoms with van der Waals surface area (Å²) in [5.74, 6) is 4.44. The number of hydrogen-bond acceptors (Lipinski definition) is 4. The van der Waals surface area contributed by atoms with E-state index in [4.69, 9.17) is 5.90 Å². The fourth-order valence-electron chi connectivity index (χ4n) is 1.82. The van der Waals surface area contributed by atoms with Crippen molar-refractivity contribution < 1.29 is 9.63 Å². The van der Waals surface area contributed by atoms with Crippen molar-refractivity contribution in [2.75, 3.05) is 0 Å². The van der Waals surface area contributed by atoms with Crippen LogP contribution in [0.5, 0.6) is 0 Å². The molecule has 0 saturated carbocycles. The minimum atomic E-state index is -0.520. The first kappa shape index (κ1) is 13.6. The summed E-state index contributed by atoms with van der Waals surface area (Å²) in [4.78, 5) is 17.9. The largest absolute Gasteiger partial charge is 0.370 e. The van der Waals surface area contributed by atoms with Crippen LogP contribution in [0.25, 0.3) is 0 Å². The van der Waals surface area contributed by atoms with Crippen LogP contribution in [0.15, 0.2) is 52.3 Å². The van der Waals surface area contributed by atoms with Gasteiger partial charge in [-0.25, -0.2) is 4.79 Å². The standard InChI is InChI=1S/C15H15NO2S/c1-10-7-8-13(11(2)9-10)19-14-6-4-3-5-12(14)15(17)18-16/h3-9H,16H2,1-2H3. The first-order chi connectivity index (χ1) is 9.11. The quantitative estimate of drug-likeness (QED) is 0.870. The predicted molar refractivity (Wildman–Crippen MR) is 76.1 cm³/mol. The molecule has 98 valence electrons. The molecule has 0 amide bonds. The van der Waals surface area contributed by atoms with E-state index in [0.29, 0.717) is 5.56 Å². The van der Waals surface area contributed by atoms with Gasteiger partial charge in [-0.15, -0.1) is 0 Å². The van der Waals surface area contributed by atoms with Crippen molar-refractivity contribution in [3.8, 4) is 0 Å². The van der Waals surface area contributed by atoms with Crippen LogP contribution < -0.4 is 5.90 Å². The third-order valence-electron chi connectivity index (χ3n) is 2.76. The van der Waals surface area contributed by atoms with Gasteiger partial charge in [0.2, 0.25) is 0 Å². The molecule has 2 aromatic rings. The van der Waals surface area contributed by atoms with E-state index in [-0.39, 0.29) is 0 Å². The van der Waals surface area contributed by atoms with Crippen LogP contribution in [0.4, 0.5) is 0 Å². The second-order valence-electron chi connectivity index (χ2n) is 4.27. The smallest absolute Gasteiger partial charge is 0.357 e. The van der Waals surface area contributed by atoms with E-state index in [2.05, 4.69) is 36.9 Å². The van der Waals surface area contributed by atoms with E-state index in [9.17, 15) is 4.79 Å². The van der Waals surface area contributed by atoms with Crippen LogP contribution in [0.2, 0.25) is 0 Å². The number of benzene rings is 2. The van der Waals surface area contributed by atoms with Gasteiger partial charge in [-0.2, -0.15) is 5.90 Å². The number of carbonyl (C=O) groups excluding carboxylic acids is 1. The Balaban J connectivity index is 2.35. The number of hydrogen-bond donors (Lipinski definition) is 1. The van der Waals surface area contributed by atoms with Crippen molar-refractivity contribution in [2.24, 2.45) is 5.90 Å². The summed E-state index contributed by atoms with van der Waals surface area (Å²) in [5, 5.41) is 0. The normalized spacial score (nSPS) is 10.3. The van der Waals surface area contributed by atoms with Crippen LogP contribution in [0.1, 0.15) is 21.5 Å². The summed E-state index contributed by atoms with van der Waals surface area (Å²) in [7, 11) is 0. The van der Waals surface area contributed by atoms with E-state index in [1.54, 1.807) is 12.1 Å². The molecule has 0 spiro atoms. The van der Waals surface area contributed by atoms with Crippen molar-refractivity contribution in [2.45, 2.75) is 23.6 Å². The second-order valence-corrected chi connectivity index (χ2v) is 5.36. The molecule has 0 saturated heterocycles. The zero-order valence-corrected chi connectivity index (χ0v) is 11.7. The van der Waals surface area contributed by atoms with Crippen molar-refractivity contribution in [1.29, 1.82) is 0 Å². The summed E-state index contributed by atoms with van der Waals surface area (Å²) < 4.78 is 0. The fourth-order valence-corrected chi connectivity index (χ4v) is 2.82. The van der Waals surface area contributed by atoms with Crippen LogP contribution in [-0.2, 0) is 4.84 Å². The van der Waals surface area contributed by atoms with Crippen LogP contribution in [0, 0.1) is 13.8 Å². The Kier molecular flexibility index (Phi) is 4.24. The highest BCUT2D eigenvalue weighted by molar-refractivity contribution is 7.99. The van der Waals surface area contributed by atoms with Gasteiger partial charge in [-0.1, -0.05) is 41.6 Å². The van der Waals surface area contributed by atoms with Gasteiger partial charge in [-0.05, 0) is 37.6 Å². The highest BCUT2D eigenvalue weighted by Crippen LogP contribution is 2.33. The van der Waals surface area contributed by atoms with Gasteiger partial charge < -0.3 is 4.84 Å². The lowest BCUT2D eigenvalue weighted by molar-refractivity contribution is 0.0499. The minimum Gasteiger partial charge on any atom is -0.370 e. The molecule has 0 fully saturated rings. The topological polar surface area (TPSA) is 52.3 Å². The molecule has 2 aromatic carbocycles. The molecule has 0 aromatic heterocycles. The van der Waals surface area contributed by atoms with E-state index in [1.165, 1.54) is 22.9 Å². The zero-order valence-electron chi connectivity index (χ0n) is 10.8. The Morgan fingerprint density at radius 3 is 2.53 bits per heavy atom. The molecular formula is C15H15NO2S. The summed E-state index contributed by atoms with van der Waals surface area (Å²) in [6.45, 7) is 4.11. The maximum atomic E-state index is 11.6. The molecule has 2 rings (SSSR count). The molecule has 3 nitrogen and oxygen atoms in total. The summed E-state index contributed by atoms with van der Waals surface area (Å²) >= 11 is 1.54. The second kappa shape index (κ2) is 5.91. The van der Waals surface area contributed by atoms with E-state index in [1.807, 2.05) is 12.1 Å². The van der Waals surface area contributed by atoms with Crippen molar-refractivity contribution in [1.82, 2.24) is 0 Å². The monoisotopic (exact) mass is 273 g/mol. The Labute approximate surface area is 116 Å². The molecular weight excluding hydrogens is 258 g/mol. The molecule has 2 N–H and O–H groups in total. The fraction of sp³-hybridized carbons (Fsp3) is 0.133. The third kappa shape index (κ3) is 3.16. The van der Waals surface area contributed by atoms with E-state index in [0.717, 1.165) is 9.79 Å². The van der Waals surface area contributed by atoms with Crippen molar-refractivity contribution >= 4 is 17.7 Å². The minimum absolute atomic E-state index is 0.481. The average Bonchev–Trinajstić information content (AvgIpc) is 2.41. The van der Waals surface area contributed by atoms with Crippen LogP contribution in [-0.4, -0.2) is 5.97 Å². The highest BCUT2D eigenvalue weighted by atomic mass is 32.2. The molecule has 4 heteroatoms.